The maximum absolute atomic E-state index is 2.45. The van der Waals surface area contributed by atoms with E-state index in [9.17, 15) is 0 Å². The van der Waals surface area contributed by atoms with E-state index in [1.807, 2.05) is 0 Å². The standard InChI is InChI=1S/C66H45N3/c1-4-20-47(21-5-1)53-26-10-11-27-54(53)55-28-12-13-29-56(55)57-30-14-17-33-62(57)67(52-41-43-61-59-32-16-19-35-64(59)69(66(61)45-52)50-24-8-3-9-25-50)51-39-36-46(37-40-51)48-38-42-60-58-31-15-18-34-63(58)68(65(60)44-48)49-22-6-2-7-23-49/h1-45H. The van der Waals surface area contributed by atoms with Gasteiger partial charge >= 0.3 is 0 Å². The zero-order chi connectivity index (χ0) is 45.7. The lowest BCUT2D eigenvalue weighted by atomic mass is 9.88. The normalized spacial score (nSPS) is 11.5. The maximum Gasteiger partial charge on any atom is 0.0561 e. The minimum atomic E-state index is 1.06. The Morgan fingerprint density at radius 2 is 0.638 bits per heavy atom. The number of anilines is 3. The highest BCUT2D eigenvalue weighted by Gasteiger charge is 2.22. The van der Waals surface area contributed by atoms with Gasteiger partial charge in [-0.3, -0.25) is 0 Å². The Labute approximate surface area is 401 Å². The summed E-state index contributed by atoms with van der Waals surface area (Å²) in [5.41, 5.74) is 19.6. The molecule has 3 heteroatoms. The fourth-order valence-corrected chi connectivity index (χ4v) is 10.6. The Hall–Kier alpha value is -9.18. The van der Waals surface area contributed by atoms with Crippen molar-refractivity contribution in [2.75, 3.05) is 4.90 Å². The van der Waals surface area contributed by atoms with Crippen molar-refractivity contribution in [3.63, 3.8) is 0 Å². The molecule has 0 aliphatic rings. The van der Waals surface area contributed by atoms with Crippen LogP contribution in [0.3, 0.4) is 0 Å². The van der Waals surface area contributed by atoms with Gasteiger partial charge in [0.15, 0.2) is 0 Å². The van der Waals surface area contributed by atoms with Gasteiger partial charge in [0.1, 0.15) is 0 Å². The molecule has 0 atom stereocenters. The molecular weight excluding hydrogens is 835 g/mol. The monoisotopic (exact) mass is 879 g/mol. The van der Waals surface area contributed by atoms with Crippen molar-refractivity contribution in [1.82, 2.24) is 9.13 Å². The third-order valence-electron chi connectivity index (χ3n) is 13.7. The molecule has 0 spiro atoms. The van der Waals surface area contributed by atoms with E-state index in [4.69, 9.17) is 0 Å². The minimum absolute atomic E-state index is 1.06. The van der Waals surface area contributed by atoms with Crippen LogP contribution in [0.15, 0.2) is 273 Å². The van der Waals surface area contributed by atoms with Crippen LogP contribution < -0.4 is 4.90 Å². The highest BCUT2D eigenvalue weighted by molar-refractivity contribution is 6.12. The van der Waals surface area contributed by atoms with E-state index in [1.54, 1.807) is 0 Å². The average Bonchev–Trinajstić information content (AvgIpc) is 3.94. The maximum atomic E-state index is 2.45. The van der Waals surface area contributed by atoms with E-state index >= 15 is 0 Å². The van der Waals surface area contributed by atoms with Crippen molar-refractivity contribution in [3.8, 4) is 55.9 Å². The second-order valence-electron chi connectivity index (χ2n) is 17.7. The number of fused-ring (bicyclic) bond motifs is 6. The molecule has 0 amide bonds. The van der Waals surface area contributed by atoms with Gasteiger partial charge in [-0.1, -0.05) is 200 Å². The van der Waals surface area contributed by atoms with Crippen LogP contribution in [0.2, 0.25) is 0 Å². The van der Waals surface area contributed by atoms with Gasteiger partial charge in [-0.05, 0) is 112 Å². The van der Waals surface area contributed by atoms with Gasteiger partial charge in [-0.15, -0.1) is 0 Å². The number of hydrogen-bond donors (Lipinski definition) is 0. The van der Waals surface area contributed by atoms with Crippen LogP contribution in [0.25, 0.3) is 99.5 Å². The third-order valence-corrected chi connectivity index (χ3v) is 13.7. The molecule has 0 saturated heterocycles. The molecule has 0 bridgehead atoms. The summed E-state index contributed by atoms with van der Waals surface area (Å²) >= 11 is 0. The minimum Gasteiger partial charge on any atom is -0.310 e. The molecule has 0 unspecified atom stereocenters. The Morgan fingerprint density at radius 1 is 0.232 bits per heavy atom. The zero-order valence-electron chi connectivity index (χ0n) is 37.8. The fourth-order valence-electron chi connectivity index (χ4n) is 10.6. The van der Waals surface area contributed by atoms with Gasteiger partial charge in [0.2, 0.25) is 0 Å². The summed E-state index contributed by atoms with van der Waals surface area (Å²) in [5, 5.41) is 4.94. The lowest BCUT2D eigenvalue weighted by Crippen LogP contribution is -2.11. The number of aromatic nitrogens is 2. The first-order chi connectivity index (χ1) is 34.3. The van der Waals surface area contributed by atoms with E-state index in [2.05, 4.69) is 287 Å². The zero-order valence-corrected chi connectivity index (χ0v) is 37.8. The van der Waals surface area contributed by atoms with Crippen LogP contribution in [0.1, 0.15) is 0 Å². The first kappa shape index (κ1) is 40.1. The Kier molecular flexibility index (Phi) is 9.84. The highest BCUT2D eigenvalue weighted by Crippen LogP contribution is 2.47. The number of benzene rings is 11. The van der Waals surface area contributed by atoms with Crippen molar-refractivity contribution in [3.05, 3.63) is 273 Å². The summed E-state index contributed by atoms with van der Waals surface area (Å²) in [6, 6.07) is 99.2. The summed E-state index contributed by atoms with van der Waals surface area (Å²) in [4.78, 5) is 2.45. The van der Waals surface area contributed by atoms with Gasteiger partial charge in [0.25, 0.3) is 0 Å². The van der Waals surface area contributed by atoms with Crippen LogP contribution in [0.4, 0.5) is 17.1 Å². The molecule has 0 N–H and O–H groups in total. The van der Waals surface area contributed by atoms with Crippen LogP contribution in [-0.4, -0.2) is 9.13 Å². The highest BCUT2D eigenvalue weighted by atomic mass is 15.1. The predicted molar refractivity (Wildman–Crippen MR) is 292 cm³/mol. The second kappa shape index (κ2) is 16.9. The van der Waals surface area contributed by atoms with E-state index in [-0.39, 0.29) is 0 Å². The number of rotatable bonds is 9. The van der Waals surface area contributed by atoms with Crippen LogP contribution >= 0.6 is 0 Å². The molecule has 11 aromatic carbocycles. The Balaban J connectivity index is 1.00. The molecule has 0 radical (unpaired) electrons. The lowest BCUT2D eigenvalue weighted by molar-refractivity contribution is 1.18. The van der Waals surface area contributed by atoms with E-state index in [1.165, 1.54) is 71.5 Å². The summed E-state index contributed by atoms with van der Waals surface area (Å²) in [6.45, 7) is 0. The molecule has 0 fully saturated rings. The molecule has 0 saturated carbocycles. The number of hydrogen-bond acceptors (Lipinski definition) is 1. The van der Waals surface area contributed by atoms with Crippen molar-refractivity contribution in [2.24, 2.45) is 0 Å². The van der Waals surface area contributed by atoms with E-state index in [0.29, 0.717) is 0 Å². The first-order valence-corrected chi connectivity index (χ1v) is 23.7. The van der Waals surface area contributed by atoms with Gasteiger partial charge in [0, 0.05) is 49.9 Å². The number of nitrogens with zero attached hydrogens (tertiary/aromatic N) is 3. The fraction of sp³-hybridized carbons (Fsp3) is 0. The molecular formula is C66H45N3. The molecule has 69 heavy (non-hydrogen) atoms. The predicted octanol–water partition coefficient (Wildman–Crippen LogP) is 18.0. The first-order valence-electron chi connectivity index (χ1n) is 23.7. The second-order valence-corrected chi connectivity index (χ2v) is 17.7. The van der Waals surface area contributed by atoms with Gasteiger partial charge in [-0.25, -0.2) is 0 Å². The molecule has 2 aromatic heterocycles. The molecule has 0 aliphatic carbocycles. The average molecular weight is 880 g/mol. The van der Waals surface area contributed by atoms with E-state index < -0.39 is 0 Å². The number of para-hydroxylation sites is 5. The Bertz CT molecular complexity index is 4000. The van der Waals surface area contributed by atoms with Gasteiger partial charge in [-0.2, -0.15) is 0 Å². The van der Waals surface area contributed by atoms with Crippen LogP contribution in [-0.2, 0) is 0 Å². The summed E-state index contributed by atoms with van der Waals surface area (Å²) in [7, 11) is 0. The van der Waals surface area contributed by atoms with E-state index in [0.717, 1.165) is 45.1 Å². The third kappa shape index (κ3) is 6.91. The van der Waals surface area contributed by atoms with Crippen LogP contribution in [0.5, 0.6) is 0 Å². The largest absolute Gasteiger partial charge is 0.310 e. The molecule has 0 aliphatic heterocycles. The molecule has 3 nitrogen and oxygen atoms in total. The van der Waals surface area contributed by atoms with Crippen LogP contribution in [0, 0.1) is 0 Å². The SMILES string of the molecule is c1ccc(-c2ccccc2-c2ccccc2-c2ccccc2N(c2ccc(-c3ccc4c5ccccc5n(-c5ccccc5)c4c3)cc2)c2ccc3c4ccccc4n(-c4ccccc4)c3c2)cc1. The molecule has 324 valence electrons. The Morgan fingerprint density at radius 3 is 1.25 bits per heavy atom. The van der Waals surface area contributed by atoms with Crippen molar-refractivity contribution in [2.45, 2.75) is 0 Å². The quantitative estimate of drug-likeness (QED) is 0.141. The van der Waals surface area contributed by atoms with Gasteiger partial charge in [0.05, 0.1) is 27.8 Å². The topological polar surface area (TPSA) is 13.1 Å². The lowest BCUT2D eigenvalue weighted by Gasteiger charge is -2.29. The van der Waals surface area contributed by atoms with Crippen molar-refractivity contribution in [1.29, 1.82) is 0 Å². The molecule has 13 rings (SSSR count). The summed E-state index contributed by atoms with van der Waals surface area (Å²) in [6.07, 6.45) is 0. The van der Waals surface area contributed by atoms with Gasteiger partial charge < -0.3 is 14.0 Å². The summed E-state index contributed by atoms with van der Waals surface area (Å²) < 4.78 is 4.80. The van der Waals surface area contributed by atoms with Crippen molar-refractivity contribution < 1.29 is 0 Å². The summed E-state index contributed by atoms with van der Waals surface area (Å²) in [5.74, 6) is 0. The molecule has 2 heterocycles. The van der Waals surface area contributed by atoms with Crippen molar-refractivity contribution >= 4 is 60.7 Å². The smallest absolute Gasteiger partial charge is 0.0561 e. The molecule has 13 aromatic rings.